The van der Waals surface area contributed by atoms with Gasteiger partial charge in [0.1, 0.15) is 11.5 Å². The van der Waals surface area contributed by atoms with Crippen LogP contribution in [0.1, 0.15) is 67.0 Å². The van der Waals surface area contributed by atoms with Crippen LogP contribution in [-0.4, -0.2) is 47.3 Å². The van der Waals surface area contributed by atoms with E-state index in [0.29, 0.717) is 18.6 Å². The molecular formula is C43H43F3N2O5. The maximum Gasteiger partial charge on any atom is 0.435 e. The number of alkyl halides is 3. The normalized spacial score (nSPS) is 17.6. The molecule has 2 unspecified atom stereocenters. The van der Waals surface area contributed by atoms with E-state index in [0.717, 1.165) is 16.7 Å². The average Bonchev–Trinajstić information content (AvgIpc) is 3.13. The van der Waals surface area contributed by atoms with Crippen LogP contribution in [-0.2, 0) is 20.7 Å². The number of nitrogens with two attached hydrogens (primary N) is 1. The molecule has 2 amide bonds. The molecule has 10 heteroatoms. The molecule has 0 radical (unpaired) electrons. The van der Waals surface area contributed by atoms with E-state index in [2.05, 4.69) is 0 Å². The Bertz CT molecular complexity index is 1900. The molecule has 5 rings (SSSR count). The number of rotatable bonds is 14. The number of halogens is 3. The molecule has 3 N–H and O–H groups in total. The first kappa shape index (κ1) is 38.8. The molecule has 0 bridgehead atoms. The smallest absolute Gasteiger partial charge is 0.435 e. The van der Waals surface area contributed by atoms with Crippen molar-refractivity contribution in [1.29, 1.82) is 0 Å². The highest BCUT2D eigenvalue weighted by Crippen LogP contribution is 2.39. The van der Waals surface area contributed by atoms with E-state index in [1.165, 1.54) is 23.1 Å². The van der Waals surface area contributed by atoms with Crippen LogP contribution in [0.2, 0.25) is 0 Å². The van der Waals surface area contributed by atoms with E-state index in [1.807, 2.05) is 86.6 Å². The molecule has 0 aromatic heterocycles. The number of aliphatic hydroxyl groups is 1. The van der Waals surface area contributed by atoms with Gasteiger partial charge in [0, 0.05) is 29.3 Å². The molecule has 1 aliphatic rings. The third kappa shape index (κ3) is 9.32. The monoisotopic (exact) mass is 724 g/mol. The lowest BCUT2D eigenvalue weighted by Crippen LogP contribution is -2.50. The van der Waals surface area contributed by atoms with Crippen molar-refractivity contribution in [3.63, 3.8) is 0 Å². The van der Waals surface area contributed by atoms with Gasteiger partial charge in [-0.25, -0.2) is 0 Å². The van der Waals surface area contributed by atoms with E-state index >= 15 is 0 Å². The van der Waals surface area contributed by atoms with Crippen molar-refractivity contribution in [1.82, 2.24) is 4.90 Å². The number of nitrogens with zero attached hydrogens (tertiary/aromatic N) is 1. The minimum absolute atomic E-state index is 0.000815. The van der Waals surface area contributed by atoms with Gasteiger partial charge in [-0.1, -0.05) is 103 Å². The topological polar surface area (TPSA) is 102 Å². The molecule has 4 aromatic rings. The zero-order chi connectivity index (χ0) is 38.2. The van der Waals surface area contributed by atoms with E-state index < -0.39 is 28.8 Å². The fourth-order valence-electron chi connectivity index (χ4n) is 5.88. The Labute approximate surface area is 307 Å². The third-order valence-electron chi connectivity index (χ3n) is 8.89. The number of unbranched alkanes of at least 4 members (excludes halogenated alkanes) is 1. The van der Waals surface area contributed by atoms with Crippen molar-refractivity contribution in [3.05, 3.63) is 143 Å². The van der Waals surface area contributed by atoms with E-state index in [9.17, 15) is 27.9 Å². The summed E-state index contributed by atoms with van der Waals surface area (Å²) < 4.78 is 53.9. The van der Waals surface area contributed by atoms with Gasteiger partial charge in [-0.2, -0.15) is 13.2 Å². The minimum atomic E-state index is -5.16. The second-order valence-electron chi connectivity index (χ2n) is 13.3. The number of hydrogen-bond acceptors (Lipinski definition) is 6. The molecule has 4 aromatic carbocycles. The maximum atomic E-state index is 14.0. The fourth-order valence-corrected chi connectivity index (χ4v) is 5.88. The predicted octanol–water partition coefficient (Wildman–Crippen LogP) is 8.52. The standard InChI is InChI=1S/C43H43F3N2O5/c1-30(2)53-37-22-20-35(21-23-37)41(3)25-24-38(49)48(40(41)50)26-10-11-27-52-39-33(18-16-31-12-6-4-7-13-31)28-36(42(47,51)43(44,45)46)29-34(39)19-17-32-14-8-5-9-15-32/h4-9,12-25,28-30,51H,10-11,26-27,47H2,1-3H3/b18-16+,19-17+. The zero-order valence-electron chi connectivity index (χ0n) is 29.8. The Morgan fingerprint density at radius 3 is 1.89 bits per heavy atom. The van der Waals surface area contributed by atoms with Gasteiger partial charge in [-0.3, -0.25) is 20.2 Å². The highest BCUT2D eigenvalue weighted by atomic mass is 19.4. The molecule has 2 atom stereocenters. The number of imide groups is 1. The van der Waals surface area contributed by atoms with Gasteiger partial charge >= 0.3 is 6.18 Å². The molecule has 0 saturated heterocycles. The number of ether oxygens (including phenoxy) is 2. The number of amides is 2. The van der Waals surface area contributed by atoms with Crippen molar-refractivity contribution in [2.45, 2.75) is 57.0 Å². The van der Waals surface area contributed by atoms with Crippen molar-refractivity contribution < 1.29 is 37.3 Å². The van der Waals surface area contributed by atoms with Crippen LogP contribution >= 0.6 is 0 Å². The molecule has 0 spiro atoms. The summed E-state index contributed by atoms with van der Waals surface area (Å²) >= 11 is 0. The van der Waals surface area contributed by atoms with Gasteiger partial charge in [-0.05, 0) is 74.6 Å². The van der Waals surface area contributed by atoms with Gasteiger partial charge in [0.25, 0.3) is 5.91 Å². The number of carbonyl (C=O) groups excluding carboxylic acids is 2. The summed E-state index contributed by atoms with van der Waals surface area (Å²) in [4.78, 5) is 27.8. The van der Waals surface area contributed by atoms with Crippen molar-refractivity contribution in [2.24, 2.45) is 5.73 Å². The molecule has 1 aliphatic heterocycles. The first-order chi connectivity index (χ1) is 25.2. The van der Waals surface area contributed by atoms with Gasteiger partial charge in [-0.15, -0.1) is 0 Å². The molecule has 0 fully saturated rings. The lowest BCUT2D eigenvalue weighted by Gasteiger charge is -2.34. The van der Waals surface area contributed by atoms with Crippen LogP contribution in [0.4, 0.5) is 13.2 Å². The average molecular weight is 725 g/mol. The fraction of sp³-hybridized carbons (Fsp3) is 0.256. The van der Waals surface area contributed by atoms with Gasteiger partial charge in [0.2, 0.25) is 11.6 Å². The molecule has 0 saturated carbocycles. The van der Waals surface area contributed by atoms with Crippen LogP contribution in [0.3, 0.4) is 0 Å². The van der Waals surface area contributed by atoms with E-state index in [-0.39, 0.29) is 42.0 Å². The van der Waals surface area contributed by atoms with Crippen LogP contribution < -0.4 is 15.2 Å². The second-order valence-corrected chi connectivity index (χ2v) is 13.3. The first-order valence-electron chi connectivity index (χ1n) is 17.4. The highest BCUT2D eigenvalue weighted by molar-refractivity contribution is 6.09. The third-order valence-corrected chi connectivity index (χ3v) is 8.89. The van der Waals surface area contributed by atoms with E-state index in [4.69, 9.17) is 15.2 Å². The Morgan fingerprint density at radius 1 is 0.830 bits per heavy atom. The molecular weight excluding hydrogens is 681 g/mol. The summed E-state index contributed by atoms with van der Waals surface area (Å²) in [6, 6.07) is 28.0. The lowest BCUT2D eigenvalue weighted by molar-refractivity contribution is -0.264. The van der Waals surface area contributed by atoms with Crippen LogP contribution in [0.25, 0.3) is 24.3 Å². The van der Waals surface area contributed by atoms with Gasteiger partial charge < -0.3 is 14.6 Å². The Hall–Kier alpha value is -5.45. The SMILES string of the molecule is CC(C)Oc1ccc(C2(C)C=CC(=O)N(CCCCOc3c(/C=C/c4ccccc4)cc(C(N)(O)C(F)(F)F)cc3/C=C/c3ccccc3)C2=O)cc1. The lowest BCUT2D eigenvalue weighted by atomic mass is 9.79. The summed E-state index contributed by atoms with van der Waals surface area (Å²) in [5.74, 6) is 0.194. The number of carbonyl (C=O) groups is 2. The van der Waals surface area contributed by atoms with Gasteiger partial charge in [0.15, 0.2) is 0 Å². The maximum absolute atomic E-state index is 14.0. The van der Waals surface area contributed by atoms with Crippen molar-refractivity contribution in [2.75, 3.05) is 13.2 Å². The zero-order valence-corrected chi connectivity index (χ0v) is 29.8. The first-order valence-corrected chi connectivity index (χ1v) is 17.4. The minimum Gasteiger partial charge on any atom is -0.492 e. The molecule has 1 heterocycles. The van der Waals surface area contributed by atoms with Crippen LogP contribution in [0.5, 0.6) is 11.5 Å². The summed E-state index contributed by atoms with van der Waals surface area (Å²) in [5.41, 5.74) is 3.10. The van der Waals surface area contributed by atoms with E-state index in [1.54, 1.807) is 49.4 Å². The Balaban J connectivity index is 1.37. The molecule has 7 nitrogen and oxygen atoms in total. The highest BCUT2D eigenvalue weighted by Gasteiger charge is 2.52. The quantitative estimate of drug-likeness (QED) is 0.0586. The summed E-state index contributed by atoms with van der Waals surface area (Å²) in [6.45, 7) is 5.88. The number of benzene rings is 4. The summed E-state index contributed by atoms with van der Waals surface area (Å²) in [6.07, 6.45) is 5.36. The van der Waals surface area contributed by atoms with Gasteiger partial charge in [0.05, 0.1) is 18.1 Å². The van der Waals surface area contributed by atoms with Crippen molar-refractivity contribution >= 4 is 36.1 Å². The van der Waals surface area contributed by atoms with Crippen LogP contribution in [0, 0.1) is 0 Å². The van der Waals surface area contributed by atoms with Crippen LogP contribution in [0.15, 0.2) is 109 Å². The Morgan fingerprint density at radius 2 is 1.38 bits per heavy atom. The second kappa shape index (κ2) is 16.5. The predicted molar refractivity (Wildman–Crippen MR) is 201 cm³/mol. The largest absolute Gasteiger partial charge is 0.492 e. The van der Waals surface area contributed by atoms with Crippen molar-refractivity contribution in [3.8, 4) is 11.5 Å². The summed E-state index contributed by atoms with van der Waals surface area (Å²) in [7, 11) is 0. The Kier molecular flexibility index (Phi) is 12.1. The molecule has 276 valence electrons. The number of hydrogen-bond donors (Lipinski definition) is 2. The molecule has 0 aliphatic carbocycles. The molecule has 53 heavy (non-hydrogen) atoms. The summed E-state index contributed by atoms with van der Waals surface area (Å²) in [5, 5.41) is 10.5.